The summed E-state index contributed by atoms with van der Waals surface area (Å²) in [5.41, 5.74) is 0. The highest BCUT2D eigenvalue weighted by atomic mass is 32.2. The Labute approximate surface area is 130 Å². The van der Waals surface area contributed by atoms with Crippen LogP contribution in [0.3, 0.4) is 0 Å². The van der Waals surface area contributed by atoms with Crippen molar-refractivity contribution in [2.45, 2.75) is 44.4 Å². The molecule has 1 N–H and O–H groups in total. The molecule has 3 heteroatoms. The van der Waals surface area contributed by atoms with Crippen LogP contribution in [0.5, 0.6) is 5.75 Å². The van der Waals surface area contributed by atoms with Crippen molar-refractivity contribution in [3.05, 3.63) is 36.4 Å². The Morgan fingerprint density at radius 2 is 1.81 bits per heavy atom. The van der Waals surface area contributed by atoms with Gasteiger partial charge in [-0.2, -0.15) is 0 Å². The molecule has 0 aliphatic carbocycles. The van der Waals surface area contributed by atoms with Crippen LogP contribution >= 0.6 is 11.8 Å². The van der Waals surface area contributed by atoms with Crippen LogP contribution in [0.2, 0.25) is 0 Å². The minimum absolute atomic E-state index is 0.0588. The number of esters is 1. The molecule has 2 aromatic rings. The third-order valence-corrected chi connectivity index (χ3v) is 4.54. The van der Waals surface area contributed by atoms with Crippen molar-refractivity contribution in [3.63, 3.8) is 0 Å². The zero-order valence-corrected chi connectivity index (χ0v) is 13.6. The van der Waals surface area contributed by atoms with E-state index in [-0.39, 0.29) is 5.97 Å². The second-order valence-electron chi connectivity index (χ2n) is 5.01. The Morgan fingerprint density at radius 3 is 2.52 bits per heavy atom. The molecule has 0 spiro atoms. The minimum atomic E-state index is 0.0588. The molecule has 0 fully saturated rings. The number of unbranched alkanes of at least 4 members (excludes halogenated alkanes) is 2. The zero-order valence-electron chi connectivity index (χ0n) is 12.8. The molecule has 0 bridgehead atoms. The quantitative estimate of drug-likeness (QED) is 0.225. The first-order chi connectivity index (χ1) is 10.3. The van der Waals surface area contributed by atoms with Crippen LogP contribution < -0.4 is 4.74 Å². The zero-order chi connectivity index (χ0) is 15.1. The number of ether oxygens (including phenoxy) is 1. The molecule has 0 saturated carbocycles. The number of thioether (sulfide) groups is 1. The predicted octanol–water partition coefficient (Wildman–Crippen LogP) is 5.41. The van der Waals surface area contributed by atoms with E-state index in [1.165, 1.54) is 29.5 Å². The van der Waals surface area contributed by atoms with Crippen LogP contribution in [-0.2, 0) is 0 Å². The Morgan fingerprint density at radius 1 is 1.05 bits per heavy atom. The molecule has 0 heterocycles. The molecular formula is C18H23O2S+. The fraction of sp³-hybridized carbons (Fsp3) is 0.389. The van der Waals surface area contributed by atoms with Gasteiger partial charge in [0, 0.05) is 16.3 Å². The lowest BCUT2D eigenvalue weighted by atomic mass is 10.1. The largest absolute Gasteiger partial charge is 0.488 e. The van der Waals surface area contributed by atoms with Crippen molar-refractivity contribution in [2.75, 3.05) is 5.75 Å². The van der Waals surface area contributed by atoms with Gasteiger partial charge < -0.3 is 4.79 Å². The second kappa shape index (κ2) is 8.08. The molecule has 21 heavy (non-hydrogen) atoms. The van der Waals surface area contributed by atoms with Crippen LogP contribution in [0.1, 0.15) is 39.5 Å². The first kappa shape index (κ1) is 15.9. The Kier molecular flexibility index (Phi) is 6.12. The van der Waals surface area contributed by atoms with Crippen molar-refractivity contribution < 1.29 is 9.53 Å². The Bertz CT molecular complexity index is 607. The summed E-state index contributed by atoms with van der Waals surface area (Å²) in [4.78, 5) is 10.9. The number of rotatable bonds is 7. The van der Waals surface area contributed by atoms with E-state index < -0.39 is 0 Å². The summed E-state index contributed by atoms with van der Waals surface area (Å²) in [5.74, 6) is 1.93. The Balaban J connectivity index is 2.24. The lowest BCUT2D eigenvalue weighted by Crippen LogP contribution is -2.06. The summed E-state index contributed by atoms with van der Waals surface area (Å²) in [6.45, 7) is 4.10. The molecule has 0 radical (unpaired) electrons. The molecule has 0 aliphatic rings. The standard InChI is InChI=1S/C18H22O2S/c1-3-5-8-13-21-17-12-11-16(20-18(19)4-2)14-9-6-7-10-15(14)17/h6-7,9-12H,3-5,8,13H2,1-2H3/p+1. The van der Waals surface area contributed by atoms with E-state index in [4.69, 9.17) is 4.74 Å². The average Bonchev–Trinajstić information content (AvgIpc) is 2.53. The summed E-state index contributed by atoms with van der Waals surface area (Å²) in [6, 6.07) is 12.3. The fourth-order valence-corrected chi connectivity index (χ4v) is 3.26. The van der Waals surface area contributed by atoms with Gasteiger partial charge in [0.2, 0.25) is 0 Å². The van der Waals surface area contributed by atoms with Gasteiger partial charge in [-0.3, -0.25) is 4.74 Å². The second-order valence-corrected chi connectivity index (χ2v) is 6.15. The summed E-state index contributed by atoms with van der Waals surface area (Å²) in [5, 5.41) is 2.25. The van der Waals surface area contributed by atoms with E-state index in [2.05, 4.69) is 19.1 Å². The SMILES string of the molecule is CCCCCSc1ccc(OC(=[OH+])CC)c2ccccc12. The summed E-state index contributed by atoms with van der Waals surface area (Å²) in [7, 11) is 0. The minimum Gasteiger partial charge on any atom is -0.339 e. The summed E-state index contributed by atoms with van der Waals surface area (Å²) < 4.78 is 5.54. The van der Waals surface area contributed by atoms with Gasteiger partial charge >= 0.3 is 5.97 Å². The van der Waals surface area contributed by atoms with Crippen LogP contribution in [-0.4, -0.2) is 16.5 Å². The number of hydrogen-bond acceptors (Lipinski definition) is 2. The van der Waals surface area contributed by atoms with E-state index in [1.54, 1.807) is 0 Å². The topological polar surface area (TPSA) is 30.6 Å². The normalized spacial score (nSPS) is 10.8. The molecule has 0 aromatic heterocycles. The third-order valence-electron chi connectivity index (χ3n) is 3.38. The molecule has 0 aliphatic heterocycles. The van der Waals surface area contributed by atoms with E-state index in [0.29, 0.717) is 6.42 Å². The first-order valence-electron chi connectivity index (χ1n) is 7.63. The predicted molar refractivity (Wildman–Crippen MR) is 92.1 cm³/mol. The molecule has 0 amide bonds. The number of benzene rings is 2. The van der Waals surface area contributed by atoms with Crippen molar-refractivity contribution in [2.24, 2.45) is 0 Å². The maximum atomic E-state index is 9.63. The van der Waals surface area contributed by atoms with E-state index in [0.717, 1.165) is 16.9 Å². The van der Waals surface area contributed by atoms with Gasteiger partial charge in [0.15, 0.2) is 0 Å². The van der Waals surface area contributed by atoms with Gasteiger partial charge in [-0.05, 0) is 31.2 Å². The highest BCUT2D eigenvalue weighted by molar-refractivity contribution is 7.99. The monoisotopic (exact) mass is 303 g/mol. The maximum Gasteiger partial charge on any atom is 0.488 e. The molecule has 112 valence electrons. The van der Waals surface area contributed by atoms with Crippen LogP contribution in [0.15, 0.2) is 41.3 Å². The summed E-state index contributed by atoms with van der Waals surface area (Å²) in [6.07, 6.45) is 4.28. The van der Waals surface area contributed by atoms with Gasteiger partial charge in [0.1, 0.15) is 0 Å². The lowest BCUT2D eigenvalue weighted by molar-refractivity contribution is 0.454. The molecule has 0 saturated heterocycles. The van der Waals surface area contributed by atoms with E-state index in [1.807, 2.05) is 43.0 Å². The van der Waals surface area contributed by atoms with Gasteiger partial charge in [-0.1, -0.05) is 38.0 Å². The van der Waals surface area contributed by atoms with Gasteiger partial charge in [0.05, 0.1) is 11.8 Å². The van der Waals surface area contributed by atoms with Gasteiger partial charge in [-0.15, -0.1) is 11.8 Å². The maximum absolute atomic E-state index is 9.63. The van der Waals surface area contributed by atoms with Crippen molar-refractivity contribution >= 4 is 28.5 Å². The first-order valence-corrected chi connectivity index (χ1v) is 8.62. The molecule has 2 aromatic carbocycles. The van der Waals surface area contributed by atoms with Crippen LogP contribution in [0, 0.1) is 0 Å². The van der Waals surface area contributed by atoms with E-state index >= 15 is 0 Å². The van der Waals surface area contributed by atoms with Gasteiger partial charge in [-0.25, -0.2) is 0 Å². The number of fused-ring (bicyclic) bond motifs is 1. The van der Waals surface area contributed by atoms with E-state index in [9.17, 15) is 4.79 Å². The number of hydrogen-bond donors (Lipinski definition) is 0. The van der Waals surface area contributed by atoms with Crippen LogP contribution in [0.25, 0.3) is 10.8 Å². The molecule has 0 atom stereocenters. The highest BCUT2D eigenvalue weighted by Gasteiger charge is 2.16. The smallest absolute Gasteiger partial charge is 0.339 e. The van der Waals surface area contributed by atoms with Crippen LogP contribution in [0.4, 0.5) is 0 Å². The lowest BCUT2D eigenvalue weighted by Gasteiger charge is -2.07. The third kappa shape index (κ3) is 4.24. The van der Waals surface area contributed by atoms with Crippen molar-refractivity contribution in [1.29, 1.82) is 0 Å². The molecule has 2 rings (SSSR count). The van der Waals surface area contributed by atoms with Crippen molar-refractivity contribution in [1.82, 2.24) is 0 Å². The number of carbonyl (C=O) groups excluding carboxylic acids is 1. The molecular weight excluding hydrogens is 280 g/mol. The summed E-state index contributed by atoms with van der Waals surface area (Å²) >= 11 is 1.90. The molecule has 2 nitrogen and oxygen atoms in total. The molecule has 0 unspecified atom stereocenters. The highest BCUT2D eigenvalue weighted by Crippen LogP contribution is 2.34. The fourth-order valence-electron chi connectivity index (χ4n) is 2.19. The van der Waals surface area contributed by atoms with Crippen molar-refractivity contribution in [3.8, 4) is 5.75 Å². The van der Waals surface area contributed by atoms with Gasteiger partial charge in [0.25, 0.3) is 5.75 Å². The average molecular weight is 303 g/mol. The Hall–Kier alpha value is -1.48.